The topological polar surface area (TPSA) is 78.9 Å². The number of carbonyl (C=O) groups is 3. The van der Waals surface area contributed by atoms with Crippen LogP contribution < -0.4 is 0 Å². The van der Waals surface area contributed by atoms with Crippen LogP contribution in [0.25, 0.3) is 0 Å². The van der Waals surface area contributed by atoms with E-state index in [9.17, 15) is 14.4 Å². The maximum Gasteiger partial charge on any atom is 0.321 e. The van der Waals surface area contributed by atoms with E-state index in [1.807, 2.05) is 74.5 Å². The summed E-state index contributed by atoms with van der Waals surface area (Å²) in [5.74, 6) is -4.62. The molecule has 0 N–H and O–H groups in total. The summed E-state index contributed by atoms with van der Waals surface area (Å²) in [5.41, 5.74) is 0.790. The molecule has 0 unspecified atom stereocenters. The Morgan fingerprint density at radius 1 is 0.727 bits per heavy atom. The predicted molar refractivity (Wildman–Crippen MR) is 125 cm³/mol. The van der Waals surface area contributed by atoms with Crippen molar-refractivity contribution in [1.82, 2.24) is 0 Å². The highest BCUT2D eigenvalue weighted by atomic mass is 16.6. The van der Waals surface area contributed by atoms with Gasteiger partial charge in [0.25, 0.3) is 0 Å². The zero-order chi connectivity index (χ0) is 24.4. The van der Waals surface area contributed by atoms with Crippen molar-refractivity contribution in [1.29, 1.82) is 0 Å². The SMILES string of the molecule is CC(C)C[C@@H](C(=O)OC(C)(C)C)C(C(=O)OCc1ccccc1)C(=O)OCc1ccccc1. The van der Waals surface area contributed by atoms with Crippen molar-refractivity contribution in [2.24, 2.45) is 17.8 Å². The molecule has 0 aromatic heterocycles. The fourth-order valence-corrected chi connectivity index (χ4v) is 3.32. The van der Waals surface area contributed by atoms with Gasteiger partial charge < -0.3 is 14.2 Å². The number of carbonyl (C=O) groups excluding carboxylic acids is 3. The molecule has 0 fully saturated rings. The Hall–Kier alpha value is -3.15. The van der Waals surface area contributed by atoms with E-state index in [0.29, 0.717) is 0 Å². The van der Waals surface area contributed by atoms with Gasteiger partial charge >= 0.3 is 17.9 Å². The Morgan fingerprint density at radius 2 is 1.15 bits per heavy atom. The molecule has 0 heterocycles. The largest absolute Gasteiger partial charge is 0.460 e. The standard InChI is InChI=1S/C27H34O6/c1-19(2)16-22(24(28)33-27(3,4)5)23(25(29)31-17-20-12-8-6-9-13-20)26(30)32-18-21-14-10-7-11-15-21/h6-15,19,22-23H,16-18H2,1-5H3/t22-/m1/s1. The fraction of sp³-hybridized carbons (Fsp3) is 0.444. The Balaban J connectivity index is 2.27. The molecule has 33 heavy (non-hydrogen) atoms. The maximum atomic E-state index is 13.1. The van der Waals surface area contributed by atoms with Crippen LogP contribution in [0.5, 0.6) is 0 Å². The monoisotopic (exact) mass is 454 g/mol. The molecule has 178 valence electrons. The summed E-state index contributed by atoms with van der Waals surface area (Å²) in [6.45, 7) is 9.04. The van der Waals surface area contributed by atoms with E-state index in [1.165, 1.54) is 0 Å². The lowest BCUT2D eigenvalue weighted by atomic mass is 9.85. The number of rotatable bonds is 10. The lowest BCUT2D eigenvalue weighted by Gasteiger charge is -2.28. The fourth-order valence-electron chi connectivity index (χ4n) is 3.32. The first-order chi connectivity index (χ1) is 15.6. The van der Waals surface area contributed by atoms with Crippen molar-refractivity contribution < 1.29 is 28.6 Å². The van der Waals surface area contributed by atoms with Gasteiger partial charge in [-0.05, 0) is 44.2 Å². The minimum absolute atomic E-state index is 0.00907. The summed E-state index contributed by atoms with van der Waals surface area (Å²) in [5, 5.41) is 0. The molecule has 0 saturated heterocycles. The summed E-state index contributed by atoms with van der Waals surface area (Å²) in [6, 6.07) is 18.3. The lowest BCUT2D eigenvalue weighted by molar-refractivity contribution is -0.178. The highest BCUT2D eigenvalue weighted by Crippen LogP contribution is 2.28. The highest BCUT2D eigenvalue weighted by molar-refractivity contribution is 5.99. The van der Waals surface area contributed by atoms with Crippen LogP contribution in [-0.2, 0) is 41.8 Å². The lowest BCUT2D eigenvalue weighted by Crippen LogP contribution is -2.41. The van der Waals surface area contributed by atoms with Crippen molar-refractivity contribution in [3.05, 3.63) is 71.8 Å². The number of hydrogen-bond acceptors (Lipinski definition) is 6. The van der Waals surface area contributed by atoms with Gasteiger partial charge in [0.1, 0.15) is 18.8 Å². The molecule has 0 radical (unpaired) electrons. The van der Waals surface area contributed by atoms with E-state index in [2.05, 4.69) is 0 Å². The average Bonchev–Trinajstić information content (AvgIpc) is 2.76. The van der Waals surface area contributed by atoms with Gasteiger partial charge in [0.2, 0.25) is 0 Å². The van der Waals surface area contributed by atoms with Gasteiger partial charge in [0, 0.05) is 0 Å². The molecule has 1 atom stereocenters. The molecule has 0 saturated carbocycles. The molecule has 0 aliphatic rings. The van der Waals surface area contributed by atoms with Crippen LogP contribution in [0, 0.1) is 17.8 Å². The number of ether oxygens (including phenoxy) is 3. The summed E-state index contributed by atoms with van der Waals surface area (Å²) in [7, 11) is 0. The third-order valence-corrected chi connectivity index (χ3v) is 4.79. The average molecular weight is 455 g/mol. The quantitative estimate of drug-likeness (QED) is 0.283. The molecule has 2 aromatic carbocycles. The molecular formula is C27H34O6. The smallest absolute Gasteiger partial charge is 0.321 e. The van der Waals surface area contributed by atoms with Crippen molar-refractivity contribution in [2.45, 2.75) is 59.9 Å². The second-order valence-electron chi connectivity index (χ2n) is 9.43. The van der Waals surface area contributed by atoms with Gasteiger partial charge in [-0.1, -0.05) is 74.5 Å². The molecule has 0 aliphatic carbocycles. The van der Waals surface area contributed by atoms with Crippen molar-refractivity contribution in [3.8, 4) is 0 Å². The Kier molecular flexibility index (Phi) is 9.64. The van der Waals surface area contributed by atoms with Crippen molar-refractivity contribution in [3.63, 3.8) is 0 Å². The van der Waals surface area contributed by atoms with E-state index in [0.717, 1.165) is 11.1 Å². The van der Waals surface area contributed by atoms with Crippen LogP contribution in [0.4, 0.5) is 0 Å². The van der Waals surface area contributed by atoms with Crippen molar-refractivity contribution >= 4 is 17.9 Å². The normalized spacial score (nSPS) is 12.3. The van der Waals surface area contributed by atoms with Crippen LogP contribution >= 0.6 is 0 Å². The first-order valence-corrected chi connectivity index (χ1v) is 11.2. The number of hydrogen-bond donors (Lipinski definition) is 0. The Labute approximate surface area is 196 Å². The van der Waals surface area contributed by atoms with E-state index >= 15 is 0 Å². The summed E-state index contributed by atoms with van der Waals surface area (Å²) in [6.07, 6.45) is 0.278. The molecule has 2 aromatic rings. The van der Waals surface area contributed by atoms with Crippen LogP contribution in [0.2, 0.25) is 0 Å². The zero-order valence-electron chi connectivity index (χ0n) is 20.1. The van der Waals surface area contributed by atoms with E-state index in [1.54, 1.807) is 20.8 Å². The molecule has 0 spiro atoms. The summed E-state index contributed by atoms with van der Waals surface area (Å²) >= 11 is 0. The minimum atomic E-state index is -1.42. The minimum Gasteiger partial charge on any atom is -0.460 e. The van der Waals surface area contributed by atoms with Crippen LogP contribution in [-0.4, -0.2) is 23.5 Å². The molecule has 0 bridgehead atoms. The van der Waals surface area contributed by atoms with Gasteiger partial charge in [-0.25, -0.2) is 0 Å². The summed E-state index contributed by atoms with van der Waals surface area (Å²) < 4.78 is 16.5. The van der Waals surface area contributed by atoms with Gasteiger partial charge in [-0.15, -0.1) is 0 Å². The number of benzene rings is 2. The van der Waals surface area contributed by atoms with E-state index in [-0.39, 0.29) is 25.6 Å². The Bertz CT molecular complexity index is 844. The van der Waals surface area contributed by atoms with Gasteiger partial charge in [0.05, 0.1) is 5.92 Å². The molecule has 0 amide bonds. The highest BCUT2D eigenvalue weighted by Gasteiger charge is 2.44. The van der Waals surface area contributed by atoms with E-state index in [4.69, 9.17) is 14.2 Å². The molecule has 6 heteroatoms. The Morgan fingerprint density at radius 3 is 1.52 bits per heavy atom. The molecule has 6 nitrogen and oxygen atoms in total. The maximum absolute atomic E-state index is 13.1. The second-order valence-corrected chi connectivity index (χ2v) is 9.43. The molecular weight excluding hydrogens is 420 g/mol. The zero-order valence-corrected chi connectivity index (χ0v) is 20.1. The van der Waals surface area contributed by atoms with Crippen LogP contribution in [0.3, 0.4) is 0 Å². The predicted octanol–water partition coefficient (Wildman–Crippen LogP) is 5.09. The van der Waals surface area contributed by atoms with Crippen LogP contribution in [0.1, 0.15) is 52.2 Å². The van der Waals surface area contributed by atoms with Gasteiger partial charge in [-0.2, -0.15) is 0 Å². The van der Waals surface area contributed by atoms with Gasteiger partial charge in [-0.3, -0.25) is 14.4 Å². The first-order valence-electron chi connectivity index (χ1n) is 11.2. The molecule has 0 aliphatic heterocycles. The van der Waals surface area contributed by atoms with Crippen molar-refractivity contribution in [2.75, 3.05) is 0 Å². The third-order valence-electron chi connectivity index (χ3n) is 4.79. The first kappa shape index (κ1) is 26.1. The number of esters is 3. The second kappa shape index (κ2) is 12.2. The van der Waals surface area contributed by atoms with Gasteiger partial charge in [0.15, 0.2) is 5.92 Å². The molecule has 2 rings (SSSR count). The summed E-state index contributed by atoms with van der Waals surface area (Å²) in [4.78, 5) is 39.3. The van der Waals surface area contributed by atoms with E-state index < -0.39 is 35.3 Å². The van der Waals surface area contributed by atoms with Crippen LogP contribution in [0.15, 0.2) is 60.7 Å². The third kappa shape index (κ3) is 9.08.